The van der Waals surface area contributed by atoms with E-state index in [9.17, 15) is 18.8 Å². The number of rotatable bonds is 12. The van der Waals surface area contributed by atoms with Gasteiger partial charge in [0.2, 0.25) is 5.43 Å². The Labute approximate surface area is 332 Å². The van der Waals surface area contributed by atoms with Crippen molar-refractivity contribution in [2.75, 3.05) is 30.8 Å². The van der Waals surface area contributed by atoms with Crippen molar-refractivity contribution in [2.24, 2.45) is 5.92 Å². The first-order chi connectivity index (χ1) is 27.6. The molecule has 6 aromatic rings. The van der Waals surface area contributed by atoms with Crippen molar-refractivity contribution in [2.45, 2.75) is 25.6 Å². The zero-order chi connectivity index (χ0) is 39.9. The first-order valence-electron chi connectivity index (χ1n) is 18.3. The van der Waals surface area contributed by atoms with E-state index >= 15 is 4.39 Å². The summed E-state index contributed by atoms with van der Waals surface area (Å²) in [6.45, 7) is 1.27. The quantitative estimate of drug-likeness (QED) is 0.118. The van der Waals surface area contributed by atoms with Gasteiger partial charge in [-0.15, -0.1) is 0 Å². The molecule has 7 rings (SSSR count). The lowest BCUT2D eigenvalue weighted by Gasteiger charge is -2.27. The maximum Gasteiger partial charge on any atom is 0.310 e. The van der Waals surface area contributed by atoms with Gasteiger partial charge in [-0.3, -0.25) is 14.4 Å². The molecule has 0 radical (unpaired) electrons. The fourth-order valence-electron chi connectivity index (χ4n) is 6.57. The average Bonchev–Trinajstić information content (AvgIpc) is 3.22. The minimum atomic E-state index is -0.841. The maximum absolute atomic E-state index is 15.6. The van der Waals surface area contributed by atoms with Gasteiger partial charge in [0, 0.05) is 42.0 Å². The van der Waals surface area contributed by atoms with E-state index < -0.39 is 23.0 Å². The predicted molar refractivity (Wildman–Crippen MR) is 214 cm³/mol. The van der Waals surface area contributed by atoms with E-state index in [0.29, 0.717) is 24.2 Å². The Bertz CT molecular complexity index is 2390. The van der Waals surface area contributed by atoms with Crippen LogP contribution < -0.4 is 20.8 Å². The Morgan fingerprint density at radius 1 is 0.877 bits per heavy atom. The van der Waals surface area contributed by atoms with Crippen LogP contribution >= 0.6 is 11.6 Å². The van der Waals surface area contributed by atoms with Gasteiger partial charge in [0.15, 0.2) is 24.0 Å². The number of piperidine rings is 1. The van der Waals surface area contributed by atoms with Gasteiger partial charge in [0.05, 0.1) is 12.0 Å². The third-order valence-electron chi connectivity index (χ3n) is 9.70. The summed E-state index contributed by atoms with van der Waals surface area (Å²) in [4.78, 5) is 46.7. The largest absolute Gasteiger partial charge is 0.453 e. The molecule has 57 heavy (non-hydrogen) atoms. The molecule has 0 bridgehead atoms. The molecule has 0 atom stereocenters. The third-order valence-corrected chi connectivity index (χ3v) is 10.1. The molecule has 2 N–H and O–H groups in total. The first-order valence-corrected chi connectivity index (χ1v) is 18.7. The summed E-state index contributed by atoms with van der Waals surface area (Å²) in [5, 5.41) is 6.09. The Hall–Kier alpha value is -6.37. The number of nitrogens with one attached hydrogen (secondary N) is 2. The molecule has 13 heteroatoms. The van der Waals surface area contributed by atoms with Crippen LogP contribution in [0, 0.1) is 17.6 Å². The van der Waals surface area contributed by atoms with Gasteiger partial charge in [-0.1, -0.05) is 84.4 Å². The van der Waals surface area contributed by atoms with Crippen LogP contribution in [0.5, 0.6) is 11.5 Å². The van der Waals surface area contributed by atoms with Crippen LogP contribution in [-0.4, -0.2) is 46.5 Å². The highest BCUT2D eigenvalue weighted by molar-refractivity contribution is 6.34. The lowest BCUT2D eigenvalue weighted by molar-refractivity contribution is -0.154. The summed E-state index contributed by atoms with van der Waals surface area (Å²) >= 11 is 6.77. The normalized spacial score (nSPS) is 13.3. The number of carbonyl (C=O) groups excluding carboxylic acids is 2. The number of hydrogen-bond acceptors (Lipinski definition) is 8. The summed E-state index contributed by atoms with van der Waals surface area (Å²) in [6, 6.07) is 29.8. The molecule has 3 heterocycles. The van der Waals surface area contributed by atoms with Gasteiger partial charge < -0.3 is 29.6 Å². The predicted octanol–water partition coefficient (Wildman–Crippen LogP) is 8.93. The van der Waals surface area contributed by atoms with Gasteiger partial charge >= 0.3 is 5.97 Å². The molecule has 290 valence electrons. The van der Waals surface area contributed by atoms with Crippen molar-refractivity contribution in [3.05, 3.63) is 171 Å². The number of carbonyl (C=O) groups is 2. The van der Waals surface area contributed by atoms with Crippen LogP contribution in [0.4, 0.5) is 20.3 Å². The van der Waals surface area contributed by atoms with Crippen LogP contribution in [0.25, 0.3) is 11.1 Å². The maximum atomic E-state index is 15.6. The van der Waals surface area contributed by atoms with Crippen molar-refractivity contribution >= 4 is 35.0 Å². The van der Waals surface area contributed by atoms with E-state index in [-0.39, 0.29) is 58.0 Å². The van der Waals surface area contributed by atoms with E-state index in [1.165, 1.54) is 65.6 Å². The molecule has 0 spiro atoms. The Morgan fingerprint density at radius 2 is 1.54 bits per heavy atom. The summed E-state index contributed by atoms with van der Waals surface area (Å²) in [6.07, 6.45) is 5.51. The molecule has 0 aliphatic carbocycles. The summed E-state index contributed by atoms with van der Waals surface area (Å²) in [5.41, 5.74) is 1.45. The lowest BCUT2D eigenvalue weighted by Crippen LogP contribution is -2.34. The smallest absolute Gasteiger partial charge is 0.310 e. The highest BCUT2D eigenvalue weighted by Gasteiger charge is 2.25. The van der Waals surface area contributed by atoms with E-state index in [1.54, 1.807) is 0 Å². The van der Waals surface area contributed by atoms with Crippen molar-refractivity contribution in [1.29, 1.82) is 0 Å². The minimum absolute atomic E-state index is 0.0356. The molecule has 1 amide bonds. The second-order valence-electron chi connectivity index (χ2n) is 13.7. The number of pyridine rings is 2. The third kappa shape index (κ3) is 9.37. The Kier molecular flexibility index (Phi) is 12.0. The molecule has 4 aromatic carbocycles. The summed E-state index contributed by atoms with van der Waals surface area (Å²) in [7, 11) is 1.99. The first kappa shape index (κ1) is 38.9. The highest BCUT2D eigenvalue weighted by Crippen LogP contribution is 2.37. The number of nitrogens with zero attached hydrogens (tertiary/aromatic N) is 3. The summed E-state index contributed by atoms with van der Waals surface area (Å²) in [5.74, 6) is -2.52. The van der Waals surface area contributed by atoms with E-state index in [0.717, 1.165) is 30.3 Å². The SMILES string of the molecule is CN1CCC(C(=O)OCn2cc(C(=O)Nc3ccc(Oc4ccnc(NC(c5ccccc5)c5ccccc5)c4Cl)c(F)c3)c(=O)c(-c3ccc(F)cc3)c2)CC1. The topological polar surface area (TPSA) is 115 Å². The van der Waals surface area contributed by atoms with Crippen molar-refractivity contribution in [3.63, 3.8) is 0 Å². The molecule has 1 aliphatic rings. The number of ether oxygens (including phenoxy) is 2. The summed E-state index contributed by atoms with van der Waals surface area (Å²) < 4.78 is 42.2. The molecule has 2 aromatic heterocycles. The van der Waals surface area contributed by atoms with Gasteiger partial charge in [-0.05, 0) is 73.9 Å². The number of esters is 1. The molecule has 0 saturated carbocycles. The second-order valence-corrected chi connectivity index (χ2v) is 14.1. The van der Waals surface area contributed by atoms with Gasteiger partial charge in [0.25, 0.3) is 5.91 Å². The van der Waals surface area contributed by atoms with E-state index in [4.69, 9.17) is 21.1 Å². The molecule has 1 saturated heterocycles. The lowest BCUT2D eigenvalue weighted by atomic mass is 9.97. The van der Waals surface area contributed by atoms with Crippen LogP contribution in [0.1, 0.15) is 40.4 Å². The Balaban J connectivity index is 1.09. The van der Waals surface area contributed by atoms with Gasteiger partial charge in [-0.25, -0.2) is 13.8 Å². The van der Waals surface area contributed by atoms with Gasteiger partial charge in [0.1, 0.15) is 22.2 Å². The highest BCUT2D eigenvalue weighted by atomic mass is 35.5. The standard InChI is InChI=1S/C44H38ClF2N5O5/c1-51-22-19-31(20-23-51)44(55)56-27-52-25-34(28-12-14-32(46)15-13-28)41(53)35(26-52)43(54)49-33-16-17-37(36(47)24-33)57-38-18-21-48-42(39(38)45)50-40(29-8-4-2-5-9-29)30-10-6-3-7-11-30/h2-18,21,24-26,31,40H,19-20,22-23,27H2,1H3,(H,48,50)(H,49,54). The number of halogens is 3. The van der Waals surface area contributed by atoms with E-state index in [2.05, 4.69) is 20.5 Å². The number of likely N-dealkylation sites (tertiary alicyclic amines) is 1. The molecular weight excluding hydrogens is 752 g/mol. The second kappa shape index (κ2) is 17.6. The zero-order valence-electron chi connectivity index (χ0n) is 30.8. The van der Waals surface area contributed by atoms with E-state index in [1.807, 2.05) is 67.7 Å². The van der Waals surface area contributed by atoms with Gasteiger partial charge in [-0.2, -0.15) is 0 Å². The van der Waals surface area contributed by atoms with Crippen LogP contribution in [-0.2, 0) is 16.3 Å². The molecule has 1 aliphatic heterocycles. The Morgan fingerprint density at radius 3 is 2.19 bits per heavy atom. The van der Waals surface area contributed by atoms with Crippen molar-refractivity contribution in [1.82, 2.24) is 14.5 Å². The molecule has 10 nitrogen and oxygen atoms in total. The van der Waals surface area contributed by atoms with Crippen LogP contribution in [0.2, 0.25) is 5.02 Å². The van der Waals surface area contributed by atoms with Crippen molar-refractivity contribution in [3.8, 4) is 22.6 Å². The molecule has 0 unspecified atom stereocenters. The monoisotopic (exact) mass is 789 g/mol. The number of benzene rings is 4. The average molecular weight is 790 g/mol. The zero-order valence-corrected chi connectivity index (χ0v) is 31.6. The minimum Gasteiger partial charge on any atom is -0.453 e. The fourth-order valence-corrected chi connectivity index (χ4v) is 6.78. The number of amides is 1. The molecular formula is C44H38ClF2N5O5. The number of hydrogen-bond donors (Lipinski definition) is 2. The molecule has 1 fully saturated rings. The number of aromatic nitrogens is 2. The fraction of sp³-hybridized carbons (Fsp3) is 0.182. The number of anilines is 2. The van der Waals surface area contributed by atoms with Crippen LogP contribution in [0.3, 0.4) is 0 Å². The van der Waals surface area contributed by atoms with Crippen molar-refractivity contribution < 1.29 is 27.8 Å². The van der Waals surface area contributed by atoms with Crippen LogP contribution in [0.15, 0.2) is 133 Å².